The Morgan fingerprint density at radius 2 is 2.26 bits per heavy atom. The molecule has 0 N–H and O–H groups in total. The molecule has 0 radical (unpaired) electrons. The zero-order valence-electron chi connectivity index (χ0n) is 13.0. The molecule has 1 aliphatic heterocycles. The standard InChI is InChI=1S/C15H18N2O3S3/c1-3-17(11-6-8-23(19,20)9-11)15(18)13-10(2)16-14(22-13)12-5-4-7-21-12/h4-5,7,11H,3,6,8-9H2,1-2H3. The Kier molecular flexibility index (Phi) is 4.57. The number of aryl methyl sites for hydroxylation is 1. The number of sulfone groups is 1. The van der Waals surface area contributed by atoms with E-state index >= 15 is 0 Å². The van der Waals surface area contributed by atoms with E-state index in [0.717, 1.165) is 9.88 Å². The predicted molar refractivity (Wildman–Crippen MR) is 93.9 cm³/mol. The SMILES string of the molecule is CCN(C(=O)c1sc(-c2cccs2)nc1C)C1CCS(=O)(=O)C1. The highest BCUT2D eigenvalue weighted by molar-refractivity contribution is 7.91. The number of thiophene rings is 1. The van der Waals surface area contributed by atoms with Crippen LogP contribution in [0.1, 0.15) is 28.7 Å². The van der Waals surface area contributed by atoms with Gasteiger partial charge in [-0.1, -0.05) is 6.07 Å². The zero-order chi connectivity index (χ0) is 16.6. The molecular weight excluding hydrogens is 352 g/mol. The van der Waals surface area contributed by atoms with E-state index in [1.807, 2.05) is 31.4 Å². The number of thiazole rings is 1. The predicted octanol–water partition coefficient (Wildman–Crippen LogP) is 2.83. The van der Waals surface area contributed by atoms with E-state index < -0.39 is 9.84 Å². The van der Waals surface area contributed by atoms with Crippen LogP contribution in [0.4, 0.5) is 0 Å². The summed E-state index contributed by atoms with van der Waals surface area (Å²) >= 11 is 2.98. The number of rotatable bonds is 4. The summed E-state index contributed by atoms with van der Waals surface area (Å²) in [7, 11) is -3.01. The molecule has 8 heteroatoms. The molecule has 23 heavy (non-hydrogen) atoms. The fraction of sp³-hybridized carbons (Fsp3) is 0.467. The van der Waals surface area contributed by atoms with Crippen molar-refractivity contribution in [1.82, 2.24) is 9.88 Å². The monoisotopic (exact) mass is 370 g/mol. The van der Waals surface area contributed by atoms with Gasteiger partial charge in [-0.3, -0.25) is 4.79 Å². The minimum atomic E-state index is -3.01. The van der Waals surface area contributed by atoms with Crippen molar-refractivity contribution in [3.05, 3.63) is 28.1 Å². The largest absolute Gasteiger partial charge is 0.334 e. The van der Waals surface area contributed by atoms with Crippen LogP contribution < -0.4 is 0 Å². The normalized spacial score (nSPS) is 19.8. The smallest absolute Gasteiger partial charge is 0.266 e. The molecule has 1 aliphatic rings. The fourth-order valence-corrected chi connectivity index (χ4v) is 6.37. The quantitative estimate of drug-likeness (QED) is 0.830. The minimum Gasteiger partial charge on any atom is -0.334 e. The van der Waals surface area contributed by atoms with Crippen LogP contribution >= 0.6 is 22.7 Å². The first-order valence-corrected chi connectivity index (χ1v) is 11.0. The second kappa shape index (κ2) is 6.33. The lowest BCUT2D eigenvalue weighted by molar-refractivity contribution is 0.0712. The molecule has 2 aromatic rings. The highest BCUT2D eigenvalue weighted by Crippen LogP contribution is 2.32. The molecule has 2 aromatic heterocycles. The van der Waals surface area contributed by atoms with Gasteiger partial charge in [0.1, 0.15) is 9.88 Å². The molecule has 0 bridgehead atoms. The van der Waals surface area contributed by atoms with Crippen LogP contribution in [0.5, 0.6) is 0 Å². The van der Waals surface area contributed by atoms with Crippen LogP contribution in [-0.4, -0.2) is 48.3 Å². The number of nitrogens with zero attached hydrogens (tertiary/aromatic N) is 2. The van der Waals surface area contributed by atoms with Gasteiger partial charge in [0.15, 0.2) is 9.84 Å². The summed E-state index contributed by atoms with van der Waals surface area (Å²) in [6.07, 6.45) is 0.525. The maximum absolute atomic E-state index is 12.9. The average Bonchev–Trinajstić information content (AvgIpc) is 3.19. The average molecular weight is 371 g/mol. The number of hydrogen-bond acceptors (Lipinski definition) is 6. The second-order valence-electron chi connectivity index (χ2n) is 5.56. The summed E-state index contributed by atoms with van der Waals surface area (Å²) in [5.41, 5.74) is 0.711. The van der Waals surface area contributed by atoms with Crippen molar-refractivity contribution in [3.63, 3.8) is 0 Å². The number of hydrogen-bond donors (Lipinski definition) is 0. The molecule has 1 fully saturated rings. The lowest BCUT2D eigenvalue weighted by Gasteiger charge is -2.26. The van der Waals surface area contributed by atoms with Gasteiger partial charge in [0.2, 0.25) is 0 Å². The van der Waals surface area contributed by atoms with Gasteiger partial charge in [0.05, 0.1) is 22.1 Å². The van der Waals surface area contributed by atoms with Gasteiger partial charge in [-0.25, -0.2) is 13.4 Å². The molecular formula is C15H18N2O3S3. The van der Waals surface area contributed by atoms with Gasteiger partial charge >= 0.3 is 0 Å². The number of carbonyl (C=O) groups is 1. The Labute approximate surface area is 143 Å². The zero-order valence-corrected chi connectivity index (χ0v) is 15.4. The molecule has 3 rings (SSSR count). The molecule has 1 amide bonds. The van der Waals surface area contributed by atoms with E-state index in [0.29, 0.717) is 23.5 Å². The lowest BCUT2D eigenvalue weighted by atomic mass is 10.2. The van der Waals surface area contributed by atoms with Crippen LogP contribution in [0.15, 0.2) is 17.5 Å². The third-order valence-electron chi connectivity index (χ3n) is 3.97. The first kappa shape index (κ1) is 16.6. The van der Waals surface area contributed by atoms with Gasteiger partial charge in [-0.15, -0.1) is 22.7 Å². The molecule has 1 unspecified atom stereocenters. The van der Waals surface area contributed by atoms with Crippen molar-refractivity contribution in [3.8, 4) is 9.88 Å². The molecule has 1 atom stereocenters. The summed E-state index contributed by atoms with van der Waals surface area (Å²) in [6.45, 7) is 4.23. The van der Waals surface area contributed by atoms with E-state index in [9.17, 15) is 13.2 Å². The van der Waals surface area contributed by atoms with E-state index in [1.165, 1.54) is 11.3 Å². The maximum atomic E-state index is 12.9. The van der Waals surface area contributed by atoms with Crippen molar-refractivity contribution in [2.24, 2.45) is 0 Å². The summed E-state index contributed by atoms with van der Waals surface area (Å²) in [5.74, 6) is 0.138. The van der Waals surface area contributed by atoms with Crippen LogP contribution in [0, 0.1) is 6.92 Å². The van der Waals surface area contributed by atoms with Crippen LogP contribution in [0.3, 0.4) is 0 Å². The summed E-state index contributed by atoms with van der Waals surface area (Å²) in [6, 6.07) is 3.72. The molecule has 0 aromatic carbocycles. The number of amides is 1. The Morgan fingerprint density at radius 1 is 1.48 bits per heavy atom. The van der Waals surface area contributed by atoms with E-state index in [1.54, 1.807) is 16.2 Å². The third-order valence-corrected chi connectivity index (χ3v) is 7.91. The van der Waals surface area contributed by atoms with Crippen molar-refractivity contribution >= 4 is 38.4 Å². The highest BCUT2D eigenvalue weighted by atomic mass is 32.2. The minimum absolute atomic E-state index is 0.0716. The van der Waals surface area contributed by atoms with Gasteiger partial charge in [0, 0.05) is 12.6 Å². The van der Waals surface area contributed by atoms with E-state index in [-0.39, 0.29) is 23.5 Å². The molecule has 0 spiro atoms. The first-order chi connectivity index (χ1) is 10.9. The van der Waals surface area contributed by atoms with Crippen molar-refractivity contribution in [2.45, 2.75) is 26.3 Å². The molecule has 3 heterocycles. The van der Waals surface area contributed by atoms with Crippen LogP contribution in [-0.2, 0) is 9.84 Å². The molecule has 0 aliphatic carbocycles. The van der Waals surface area contributed by atoms with Gasteiger partial charge in [-0.2, -0.15) is 0 Å². The highest BCUT2D eigenvalue weighted by Gasteiger charge is 2.35. The number of carbonyl (C=O) groups excluding carboxylic acids is 1. The Bertz CT molecular complexity index is 809. The van der Waals surface area contributed by atoms with E-state index in [4.69, 9.17) is 0 Å². The number of aromatic nitrogens is 1. The first-order valence-electron chi connectivity index (χ1n) is 7.44. The molecule has 0 saturated carbocycles. The summed E-state index contributed by atoms with van der Waals surface area (Å²) in [5, 5.41) is 2.82. The summed E-state index contributed by atoms with van der Waals surface area (Å²) in [4.78, 5) is 20.7. The van der Waals surface area contributed by atoms with Gasteiger partial charge < -0.3 is 4.90 Å². The van der Waals surface area contributed by atoms with Crippen molar-refractivity contribution in [2.75, 3.05) is 18.1 Å². The molecule has 1 saturated heterocycles. The van der Waals surface area contributed by atoms with Crippen molar-refractivity contribution in [1.29, 1.82) is 0 Å². The Balaban J connectivity index is 1.87. The molecule has 124 valence electrons. The topological polar surface area (TPSA) is 67.3 Å². The molecule has 5 nitrogen and oxygen atoms in total. The van der Waals surface area contributed by atoms with Crippen LogP contribution in [0.25, 0.3) is 9.88 Å². The lowest BCUT2D eigenvalue weighted by Crippen LogP contribution is -2.40. The van der Waals surface area contributed by atoms with E-state index in [2.05, 4.69) is 4.98 Å². The maximum Gasteiger partial charge on any atom is 0.266 e. The van der Waals surface area contributed by atoms with Gasteiger partial charge in [0.25, 0.3) is 5.91 Å². The third kappa shape index (κ3) is 3.34. The Morgan fingerprint density at radius 3 is 2.83 bits per heavy atom. The fourth-order valence-electron chi connectivity index (χ4n) is 2.82. The van der Waals surface area contributed by atoms with Crippen LogP contribution in [0.2, 0.25) is 0 Å². The Hall–Kier alpha value is -1.25. The van der Waals surface area contributed by atoms with Gasteiger partial charge in [-0.05, 0) is 31.7 Å². The second-order valence-corrected chi connectivity index (χ2v) is 9.73. The van der Waals surface area contributed by atoms with Crippen molar-refractivity contribution < 1.29 is 13.2 Å². The summed E-state index contributed by atoms with van der Waals surface area (Å²) < 4.78 is 23.4.